The van der Waals surface area contributed by atoms with Gasteiger partial charge in [-0.1, -0.05) is 35.4 Å². The lowest BCUT2D eigenvalue weighted by molar-refractivity contribution is 0.461. The summed E-state index contributed by atoms with van der Waals surface area (Å²) in [6, 6.07) is 9.82. The van der Waals surface area contributed by atoms with Crippen LogP contribution in [0.25, 0.3) is 0 Å². The molecule has 0 N–H and O–H groups in total. The maximum Gasteiger partial charge on any atom is 0.339 e. The Labute approximate surface area is 115 Å². The Morgan fingerprint density at radius 1 is 1.11 bits per heavy atom. The van der Waals surface area contributed by atoms with Crippen molar-refractivity contribution in [3.05, 3.63) is 58.9 Å². The molecule has 0 aliphatic rings. The summed E-state index contributed by atoms with van der Waals surface area (Å²) in [5, 5.41) is -0.101. The number of aryl methyl sites for hydroxylation is 1. The van der Waals surface area contributed by atoms with Crippen LogP contribution in [-0.2, 0) is 10.1 Å². The zero-order valence-corrected chi connectivity index (χ0v) is 11.5. The summed E-state index contributed by atoms with van der Waals surface area (Å²) in [6.45, 7) is 1.82. The second-order valence-electron chi connectivity index (χ2n) is 3.90. The Morgan fingerprint density at radius 2 is 1.74 bits per heavy atom. The lowest BCUT2D eigenvalue weighted by Crippen LogP contribution is -2.11. The molecule has 0 bridgehead atoms. The van der Waals surface area contributed by atoms with E-state index in [1.165, 1.54) is 24.3 Å². The number of hydrogen-bond donors (Lipinski definition) is 0. The maximum absolute atomic E-state index is 13.5. The molecule has 0 aliphatic heterocycles. The van der Waals surface area contributed by atoms with Gasteiger partial charge in [0.05, 0.1) is 5.02 Å². The third kappa shape index (κ3) is 3.05. The van der Waals surface area contributed by atoms with E-state index in [1.807, 2.05) is 6.92 Å². The van der Waals surface area contributed by atoms with E-state index in [-0.39, 0.29) is 9.92 Å². The normalized spacial score (nSPS) is 11.3. The number of rotatable bonds is 3. The number of halogens is 2. The monoisotopic (exact) mass is 300 g/mol. The molecule has 0 amide bonds. The molecule has 2 aromatic carbocycles. The van der Waals surface area contributed by atoms with E-state index >= 15 is 0 Å². The minimum Gasteiger partial charge on any atom is -0.374 e. The van der Waals surface area contributed by atoms with E-state index < -0.39 is 21.7 Å². The highest BCUT2D eigenvalue weighted by Crippen LogP contribution is 2.30. The molecule has 0 atom stereocenters. The van der Waals surface area contributed by atoms with Crippen molar-refractivity contribution >= 4 is 21.7 Å². The molecular weight excluding hydrogens is 291 g/mol. The average molecular weight is 301 g/mol. The fraction of sp³-hybridized carbons (Fsp3) is 0.0769. The van der Waals surface area contributed by atoms with Crippen molar-refractivity contribution in [1.82, 2.24) is 0 Å². The highest BCUT2D eigenvalue weighted by molar-refractivity contribution is 7.87. The zero-order chi connectivity index (χ0) is 14.0. The Bertz CT molecular complexity index is 676. The summed E-state index contributed by atoms with van der Waals surface area (Å²) in [5.41, 5.74) is 0.905. The van der Waals surface area contributed by atoms with Gasteiger partial charge in [-0.15, -0.1) is 0 Å². The van der Waals surface area contributed by atoms with Gasteiger partial charge in [-0.3, -0.25) is 0 Å². The molecule has 100 valence electrons. The van der Waals surface area contributed by atoms with Gasteiger partial charge in [-0.05, 0) is 31.2 Å². The average Bonchev–Trinajstić information content (AvgIpc) is 2.35. The van der Waals surface area contributed by atoms with Crippen LogP contribution in [0.2, 0.25) is 5.02 Å². The van der Waals surface area contributed by atoms with Gasteiger partial charge in [-0.25, -0.2) is 4.39 Å². The first-order valence-corrected chi connectivity index (χ1v) is 7.14. The SMILES string of the molecule is Cc1ccc(S(=O)(=O)Oc2c(F)cccc2Cl)cc1. The first kappa shape index (κ1) is 13.8. The van der Waals surface area contributed by atoms with E-state index in [9.17, 15) is 12.8 Å². The lowest BCUT2D eigenvalue weighted by Gasteiger charge is -2.09. The Kier molecular flexibility index (Phi) is 3.78. The highest BCUT2D eigenvalue weighted by atomic mass is 35.5. The van der Waals surface area contributed by atoms with Crippen molar-refractivity contribution in [3.8, 4) is 5.75 Å². The van der Waals surface area contributed by atoms with Crippen LogP contribution in [-0.4, -0.2) is 8.42 Å². The summed E-state index contributed by atoms with van der Waals surface area (Å²) < 4.78 is 42.2. The van der Waals surface area contributed by atoms with Crippen LogP contribution in [0.3, 0.4) is 0 Å². The van der Waals surface area contributed by atoms with Gasteiger partial charge in [0.2, 0.25) is 0 Å². The topological polar surface area (TPSA) is 43.4 Å². The number of hydrogen-bond acceptors (Lipinski definition) is 3. The van der Waals surface area contributed by atoms with Gasteiger partial charge < -0.3 is 4.18 Å². The molecule has 0 radical (unpaired) electrons. The van der Waals surface area contributed by atoms with Gasteiger partial charge in [0.15, 0.2) is 11.6 Å². The fourth-order valence-corrected chi connectivity index (χ4v) is 2.63. The molecule has 0 spiro atoms. The molecule has 0 unspecified atom stereocenters. The minimum absolute atomic E-state index is 0.0579. The minimum atomic E-state index is -4.10. The summed E-state index contributed by atoms with van der Waals surface area (Å²) in [5.74, 6) is -1.33. The van der Waals surface area contributed by atoms with Gasteiger partial charge in [0.1, 0.15) is 4.90 Å². The number of para-hydroxylation sites is 1. The van der Waals surface area contributed by atoms with Gasteiger partial charge in [0.25, 0.3) is 0 Å². The molecule has 0 aromatic heterocycles. The molecule has 3 nitrogen and oxygen atoms in total. The maximum atomic E-state index is 13.5. The van der Waals surface area contributed by atoms with Gasteiger partial charge in [-0.2, -0.15) is 8.42 Å². The second-order valence-corrected chi connectivity index (χ2v) is 5.85. The van der Waals surface area contributed by atoms with Crippen LogP contribution in [0.1, 0.15) is 5.56 Å². The molecule has 0 aliphatic carbocycles. The summed E-state index contributed by atoms with van der Waals surface area (Å²) in [4.78, 5) is -0.0579. The molecule has 0 fully saturated rings. The zero-order valence-electron chi connectivity index (χ0n) is 9.93. The predicted octanol–water partition coefficient (Wildman–Crippen LogP) is 3.56. The van der Waals surface area contributed by atoms with Crippen molar-refractivity contribution in [3.63, 3.8) is 0 Å². The van der Waals surface area contributed by atoms with Gasteiger partial charge in [0, 0.05) is 0 Å². The molecule has 6 heteroatoms. The van der Waals surface area contributed by atoms with Crippen LogP contribution >= 0.6 is 11.6 Å². The quantitative estimate of drug-likeness (QED) is 0.814. The van der Waals surface area contributed by atoms with Crippen molar-refractivity contribution in [2.75, 3.05) is 0 Å². The second kappa shape index (κ2) is 5.19. The highest BCUT2D eigenvalue weighted by Gasteiger charge is 2.20. The standard InChI is InChI=1S/C13H10ClFO3S/c1-9-5-7-10(8-6-9)19(16,17)18-13-11(14)3-2-4-12(13)15/h2-8H,1H3. The molecular formula is C13H10ClFO3S. The van der Waals surface area contributed by atoms with Crippen LogP contribution in [0.4, 0.5) is 4.39 Å². The van der Waals surface area contributed by atoms with Crippen molar-refractivity contribution in [2.45, 2.75) is 11.8 Å². The Balaban J connectivity index is 2.39. The predicted molar refractivity (Wildman–Crippen MR) is 70.4 cm³/mol. The first-order valence-electron chi connectivity index (χ1n) is 5.35. The lowest BCUT2D eigenvalue weighted by atomic mass is 10.2. The van der Waals surface area contributed by atoms with Crippen LogP contribution in [0, 0.1) is 12.7 Å². The number of benzene rings is 2. The summed E-state index contributed by atoms with van der Waals surface area (Å²) in [7, 11) is -4.10. The van der Waals surface area contributed by atoms with E-state index in [4.69, 9.17) is 15.8 Å². The molecule has 0 saturated heterocycles. The molecule has 19 heavy (non-hydrogen) atoms. The summed E-state index contributed by atoms with van der Waals surface area (Å²) >= 11 is 5.72. The largest absolute Gasteiger partial charge is 0.374 e. The van der Waals surface area contributed by atoms with Crippen LogP contribution in [0.5, 0.6) is 5.75 Å². The van der Waals surface area contributed by atoms with Crippen molar-refractivity contribution in [2.24, 2.45) is 0 Å². The van der Waals surface area contributed by atoms with Crippen LogP contribution in [0.15, 0.2) is 47.4 Å². The van der Waals surface area contributed by atoms with E-state index in [0.29, 0.717) is 0 Å². The molecule has 0 saturated carbocycles. The Hall–Kier alpha value is -1.59. The fourth-order valence-electron chi connectivity index (χ4n) is 1.42. The van der Waals surface area contributed by atoms with E-state index in [1.54, 1.807) is 12.1 Å². The van der Waals surface area contributed by atoms with Gasteiger partial charge >= 0.3 is 10.1 Å². The molecule has 2 aromatic rings. The Morgan fingerprint density at radius 3 is 2.32 bits per heavy atom. The van der Waals surface area contributed by atoms with E-state index in [2.05, 4.69) is 0 Å². The third-order valence-corrected chi connectivity index (χ3v) is 3.95. The molecule has 0 heterocycles. The first-order chi connectivity index (χ1) is 8.90. The smallest absolute Gasteiger partial charge is 0.339 e. The third-order valence-electron chi connectivity index (χ3n) is 2.42. The molecule has 2 rings (SSSR count). The summed E-state index contributed by atoms with van der Waals surface area (Å²) in [6.07, 6.45) is 0. The van der Waals surface area contributed by atoms with Crippen molar-refractivity contribution in [1.29, 1.82) is 0 Å². The van der Waals surface area contributed by atoms with Crippen molar-refractivity contribution < 1.29 is 17.0 Å². The van der Waals surface area contributed by atoms with Crippen LogP contribution < -0.4 is 4.18 Å². The van der Waals surface area contributed by atoms with E-state index in [0.717, 1.165) is 11.6 Å².